The minimum atomic E-state index is -0.937. The van der Waals surface area contributed by atoms with E-state index >= 15 is 0 Å². The van der Waals surface area contributed by atoms with Crippen LogP contribution in [0.3, 0.4) is 0 Å². The van der Waals surface area contributed by atoms with Crippen LogP contribution in [0.2, 0.25) is 0 Å². The second kappa shape index (κ2) is 8.20. The largest absolute Gasteiger partial charge is 0.490 e. The van der Waals surface area contributed by atoms with Crippen molar-refractivity contribution in [1.82, 2.24) is 14.5 Å². The Morgan fingerprint density at radius 2 is 1.85 bits per heavy atom. The van der Waals surface area contributed by atoms with Gasteiger partial charge in [-0.1, -0.05) is 0 Å². The first kappa shape index (κ1) is 21.3. The fourth-order valence-electron chi connectivity index (χ4n) is 5.62. The third-order valence-electron chi connectivity index (χ3n) is 7.69. The Morgan fingerprint density at radius 1 is 1.15 bits per heavy atom. The smallest absolute Gasteiger partial charge is 0.275 e. The molecule has 2 bridgehead atoms. The molecule has 0 saturated carbocycles. The number of piperidine rings is 1. The quantitative estimate of drug-likeness (QED) is 0.633. The van der Waals surface area contributed by atoms with Gasteiger partial charge < -0.3 is 19.5 Å². The summed E-state index contributed by atoms with van der Waals surface area (Å²) in [5.41, 5.74) is 0.332. The van der Waals surface area contributed by atoms with Crippen molar-refractivity contribution in [3.05, 3.63) is 51.9 Å². The molecule has 2 atom stereocenters. The molecule has 2 unspecified atom stereocenters. The van der Waals surface area contributed by atoms with E-state index in [1.807, 2.05) is 30.3 Å². The van der Waals surface area contributed by atoms with Crippen molar-refractivity contribution in [2.45, 2.75) is 62.3 Å². The van der Waals surface area contributed by atoms with E-state index in [0.717, 1.165) is 29.2 Å². The molecule has 3 aliphatic rings. The van der Waals surface area contributed by atoms with Gasteiger partial charge in [0.05, 0.1) is 11.2 Å². The van der Waals surface area contributed by atoms with Crippen molar-refractivity contribution in [1.29, 1.82) is 0 Å². The zero-order valence-corrected chi connectivity index (χ0v) is 19.6. The molecule has 3 aromatic rings. The van der Waals surface area contributed by atoms with Crippen LogP contribution < -0.4 is 10.3 Å². The number of ether oxygens (including phenoxy) is 2. The van der Waals surface area contributed by atoms with Gasteiger partial charge in [-0.15, -0.1) is 11.3 Å². The molecular weight excluding hydrogens is 438 g/mol. The summed E-state index contributed by atoms with van der Waals surface area (Å²) in [4.78, 5) is 21.0. The normalized spacial score (nSPS) is 27.2. The van der Waals surface area contributed by atoms with E-state index in [4.69, 9.17) is 9.47 Å². The van der Waals surface area contributed by atoms with Gasteiger partial charge in [0, 0.05) is 43.0 Å². The molecule has 3 saturated heterocycles. The average molecular weight is 468 g/mol. The number of hydrogen-bond donors (Lipinski definition) is 1. The Kier molecular flexibility index (Phi) is 5.29. The van der Waals surface area contributed by atoms with E-state index in [2.05, 4.69) is 16.9 Å². The molecule has 6 rings (SSSR count). The van der Waals surface area contributed by atoms with Crippen molar-refractivity contribution >= 4 is 21.6 Å². The molecule has 1 N–H and O–H groups in total. The first-order chi connectivity index (χ1) is 16.0. The molecule has 0 amide bonds. The number of fused-ring (bicyclic) bond motifs is 3. The maximum absolute atomic E-state index is 13.2. The molecule has 3 aliphatic heterocycles. The van der Waals surface area contributed by atoms with Gasteiger partial charge >= 0.3 is 0 Å². The van der Waals surface area contributed by atoms with Gasteiger partial charge in [0.1, 0.15) is 28.5 Å². The van der Waals surface area contributed by atoms with Crippen LogP contribution in [0.5, 0.6) is 5.75 Å². The number of benzene rings is 1. The molecule has 2 aromatic heterocycles. The van der Waals surface area contributed by atoms with Crippen molar-refractivity contribution < 1.29 is 14.6 Å². The number of aliphatic hydroxyl groups is 1. The summed E-state index contributed by atoms with van der Waals surface area (Å²) in [6.45, 7) is 1.05. The average Bonchev–Trinajstić information content (AvgIpc) is 3.34. The lowest BCUT2D eigenvalue weighted by molar-refractivity contribution is -0.0655. The van der Waals surface area contributed by atoms with E-state index in [1.54, 1.807) is 10.9 Å². The van der Waals surface area contributed by atoms with E-state index in [9.17, 15) is 9.90 Å². The van der Waals surface area contributed by atoms with Crippen LogP contribution in [0.1, 0.15) is 43.4 Å². The lowest BCUT2D eigenvalue weighted by Gasteiger charge is -2.36. The molecular formula is C25H29N3O4S. The van der Waals surface area contributed by atoms with Crippen molar-refractivity contribution in [3.63, 3.8) is 0 Å². The molecule has 33 heavy (non-hydrogen) atoms. The van der Waals surface area contributed by atoms with Gasteiger partial charge in [0.15, 0.2) is 0 Å². The fourth-order valence-corrected chi connectivity index (χ4v) is 6.80. The van der Waals surface area contributed by atoms with Crippen molar-refractivity contribution in [2.75, 3.05) is 20.3 Å². The predicted octanol–water partition coefficient (Wildman–Crippen LogP) is 3.45. The van der Waals surface area contributed by atoms with Gasteiger partial charge in [-0.25, -0.2) is 4.98 Å². The summed E-state index contributed by atoms with van der Waals surface area (Å²) in [5.74, 6) is 0.843. The van der Waals surface area contributed by atoms with Crippen LogP contribution in [0.25, 0.3) is 15.9 Å². The summed E-state index contributed by atoms with van der Waals surface area (Å²) in [6.07, 6.45) is 7.59. The maximum Gasteiger partial charge on any atom is 0.275 e. The second-order valence-electron chi connectivity index (χ2n) is 9.64. The fraction of sp³-hybridized carbons (Fsp3) is 0.520. The highest BCUT2D eigenvalue weighted by Gasteiger charge is 2.39. The Bertz CT molecular complexity index is 1200. The van der Waals surface area contributed by atoms with Crippen LogP contribution in [-0.2, 0) is 10.3 Å². The number of thiophene rings is 1. The zero-order chi connectivity index (χ0) is 22.6. The summed E-state index contributed by atoms with van der Waals surface area (Å²) in [5, 5.41) is 11.0. The summed E-state index contributed by atoms with van der Waals surface area (Å²) in [6, 6.07) is 10.8. The van der Waals surface area contributed by atoms with Crippen LogP contribution >= 0.6 is 11.3 Å². The summed E-state index contributed by atoms with van der Waals surface area (Å²) in [7, 11) is 2.23. The van der Waals surface area contributed by atoms with Crippen molar-refractivity contribution in [2.24, 2.45) is 0 Å². The number of aromatic nitrogens is 2. The third-order valence-corrected chi connectivity index (χ3v) is 8.99. The molecule has 8 heteroatoms. The number of rotatable bonds is 4. The SMILES string of the molecule is CN1C2CCC1CC(Oc1ccc(-n3cnc4cc(C5(O)CCOCC5)sc4c3=O)cc1)C2. The van der Waals surface area contributed by atoms with Gasteiger partial charge in [0.2, 0.25) is 0 Å². The highest BCUT2D eigenvalue weighted by molar-refractivity contribution is 7.19. The van der Waals surface area contributed by atoms with Gasteiger partial charge in [0.25, 0.3) is 5.56 Å². The molecule has 7 nitrogen and oxygen atoms in total. The Balaban J connectivity index is 1.23. The third kappa shape index (κ3) is 3.79. The Labute approximate surface area is 196 Å². The molecule has 5 heterocycles. The van der Waals surface area contributed by atoms with E-state index in [1.165, 1.54) is 24.2 Å². The molecule has 174 valence electrons. The number of nitrogens with zero attached hydrogens (tertiary/aromatic N) is 3. The standard InChI is InChI=1S/C25H29N3O4S/c1-27-17-2-3-18(27)13-20(12-17)32-19-6-4-16(5-7-19)28-15-26-21-14-22(33-23(21)24(28)29)25(30)8-10-31-11-9-25/h4-7,14-15,17-18,20,30H,2-3,8-13H2,1H3. The lowest BCUT2D eigenvalue weighted by atomic mass is 9.93. The zero-order valence-electron chi connectivity index (χ0n) is 18.8. The van der Waals surface area contributed by atoms with Crippen LogP contribution in [0.4, 0.5) is 0 Å². The van der Waals surface area contributed by atoms with Crippen LogP contribution in [0, 0.1) is 0 Å². The first-order valence-electron chi connectivity index (χ1n) is 11.8. The maximum atomic E-state index is 13.2. The van der Waals surface area contributed by atoms with Crippen LogP contribution in [-0.4, -0.2) is 58.0 Å². The Morgan fingerprint density at radius 3 is 2.55 bits per heavy atom. The lowest BCUT2D eigenvalue weighted by Crippen LogP contribution is -2.43. The monoisotopic (exact) mass is 467 g/mol. The van der Waals surface area contributed by atoms with E-state index in [0.29, 0.717) is 48.4 Å². The van der Waals surface area contributed by atoms with E-state index in [-0.39, 0.29) is 11.7 Å². The molecule has 0 aliphatic carbocycles. The molecule has 1 aromatic carbocycles. The molecule has 3 fully saturated rings. The molecule has 0 radical (unpaired) electrons. The second-order valence-corrected chi connectivity index (χ2v) is 10.7. The summed E-state index contributed by atoms with van der Waals surface area (Å²) >= 11 is 1.34. The van der Waals surface area contributed by atoms with Gasteiger partial charge in [-0.3, -0.25) is 9.36 Å². The van der Waals surface area contributed by atoms with Crippen LogP contribution in [0.15, 0.2) is 41.5 Å². The number of hydrogen-bond acceptors (Lipinski definition) is 7. The summed E-state index contributed by atoms with van der Waals surface area (Å²) < 4.78 is 13.8. The first-order valence-corrected chi connectivity index (χ1v) is 12.6. The topological polar surface area (TPSA) is 76.8 Å². The molecule has 0 spiro atoms. The van der Waals surface area contributed by atoms with E-state index < -0.39 is 5.60 Å². The predicted molar refractivity (Wildman–Crippen MR) is 127 cm³/mol. The Hall–Kier alpha value is -2.26. The highest BCUT2D eigenvalue weighted by atomic mass is 32.1. The minimum Gasteiger partial charge on any atom is -0.490 e. The minimum absolute atomic E-state index is 0.118. The highest BCUT2D eigenvalue weighted by Crippen LogP contribution is 2.38. The van der Waals surface area contributed by atoms with Gasteiger partial charge in [-0.05, 0) is 63.1 Å². The van der Waals surface area contributed by atoms with Gasteiger partial charge in [-0.2, -0.15) is 0 Å². The van der Waals surface area contributed by atoms with Crippen molar-refractivity contribution in [3.8, 4) is 11.4 Å².